The second-order valence-corrected chi connectivity index (χ2v) is 23.4. The molecule has 0 heterocycles. The van der Waals surface area contributed by atoms with E-state index in [0.29, 0.717) is 0 Å². The Morgan fingerprint density at radius 1 is 0.643 bits per heavy atom. The van der Waals surface area contributed by atoms with Crippen LogP contribution in [0.25, 0.3) is 12.2 Å². The van der Waals surface area contributed by atoms with Crippen molar-refractivity contribution in [3.63, 3.8) is 0 Å². The van der Waals surface area contributed by atoms with Gasteiger partial charge in [-0.15, -0.1) is 0 Å². The van der Waals surface area contributed by atoms with Gasteiger partial charge in [-0.3, -0.25) is 0 Å². The van der Waals surface area contributed by atoms with E-state index in [1.54, 1.807) is 33.4 Å². The van der Waals surface area contributed by atoms with Crippen molar-refractivity contribution >= 4 is 19.1 Å². The summed E-state index contributed by atoms with van der Waals surface area (Å²) in [6.07, 6.45) is 14.7. The molecule has 2 aliphatic rings. The normalized spacial score (nSPS) is 19.1. The number of hydrogen-bond acceptors (Lipinski definition) is 0. The summed E-state index contributed by atoms with van der Waals surface area (Å²) < 4.78 is 1.49. The van der Waals surface area contributed by atoms with Gasteiger partial charge in [0.25, 0.3) is 0 Å². The van der Waals surface area contributed by atoms with Crippen molar-refractivity contribution in [2.24, 2.45) is 0 Å². The van der Waals surface area contributed by atoms with Gasteiger partial charge in [0.15, 0.2) is 0 Å². The van der Waals surface area contributed by atoms with Crippen molar-refractivity contribution < 1.29 is 20.1 Å². The molecule has 4 rings (SSSR count). The monoisotopic (exact) mass is 552 g/mol. The fourth-order valence-electron chi connectivity index (χ4n) is 5.20. The molecule has 2 aromatic rings. The van der Waals surface area contributed by atoms with Gasteiger partial charge in [-0.1, -0.05) is 0 Å². The summed E-state index contributed by atoms with van der Waals surface area (Å²) in [7, 11) is 0. The zero-order chi connectivity index (χ0) is 19.8. The van der Waals surface area contributed by atoms with Crippen LogP contribution >= 0.6 is 0 Å². The molecule has 0 fully saturated rings. The summed E-state index contributed by atoms with van der Waals surface area (Å²) in [6.45, 7) is 11.7. The van der Waals surface area contributed by atoms with Gasteiger partial charge in [0.2, 0.25) is 0 Å². The first kappa shape index (κ1) is 20.3. The Labute approximate surface area is 180 Å². The third-order valence-electron chi connectivity index (χ3n) is 6.79. The predicted molar refractivity (Wildman–Crippen MR) is 122 cm³/mol. The summed E-state index contributed by atoms with van der Waals surface area (Å²) >= 11 is -1.97. The van der Waals surface area contributed by atoms with E-state index in [2.05, 4.69) is 83.2 Å². The van der Waals surface area contributed by atoms with Crippen LogP contribution in [0.15, 0.2) is 36.4 Å². The number of aryl methyl sites for hydroxylation is 4. The molecule has 28 heavy (non-hydrogen) atoms. The van der Waals surface area contributed by atoms with Crippen LogP contribution in [-0.2, 0) is 45.7 Å². The molecule has 2 atom stereocenters. The van der Waals surface area contributed by atoms with Gasteiger partial charge >= 0.3 is 181 Å². The quantitative estimate of drug-likeness (QED) is 0.391. The van der Waals surface area contributed by atoms with E-state index >= 15 is 0 Å². The van der Waals surface area contributed by atoms with Crippen LogP contribution in [0.1, 0.15) is 79.6 Å². The van der Waals surface area contributed by atoms with E-state index in [1.165, 1.54) is 11.1 Å². The van der Waals surface area contributed by atoms with Crippen LogP contribution in [0, 0.1) is 0 Å². The topological polar surface area (TPSA) is 0 Å². The molecule has 2 unspecified atom stereocenters. The molecule has 0 radical (unpaired) electrons. The number of allylic oxidation sites excluding steroid dienone is 2. The molecule has 0 saturated carbocycles. The summed E-state index contributed by atoms with van der Waals surface area (Å²) in [5.74, 6) is 0. The molecule has 2 heteroatoms. The average Bonchev–Trinajstić information content (AvgIpc) is 3.37. The summed E-state index contributed by atoms with van der Waals surface area (Å²) in [4.78, 5) is 0. The first-order chi connectivity index (χ1) is 13.6. The molecule has 0 bridgehead atoms. The second-order valence-electron chi connectivity index (χ2n) is 8.09. The molecule has 2 aromatic carbocycles. The molecule has 0 aromatic heterocycles. The van der Waals surface area contributed by atoms with E-state index in [-0.39, 0.29) is 0 Å². The van der Waals surface area contributed by atoms with Crippen molar-refractivity contribution in [3.05, 3.63) is 80.9 Å². The van der Waals surface area contributed by atoms with Crippen molar-refractivity contribution in [1.29, 1.82) is 0 Å². The molecular formula is C26H32HfSi. The standard InChI is InChI=1S/2C13H15.Hf.H2Si/c2*1-3-10-8-9-11(4-2)13-7-5-6-12(10)13;;/h2*5-9H,3-4H2,1-2H3;;1H2. The van der Waals surface area contributed by atoms with Crippen molar-refractivity contribution in [2.45, 2.75) is 60.7 Å². The Morgan fingerprint density at radius 3 is 1.36 bits per heavy atom. The zero-order valence-corrected chi connectivity index (χ0v) is 22.8. The third kappa shape index (κ3) is 3.21. The average molecular weight is 551 g/mol. The molecule has 0 nitrogen and oxygen atoms in total. The minimum atomic E-state index is -1.97. The van der Waals surface area contributed by atoms with Gasteiger partial charge in [0.1, 0.15) is 0 Å². The summed E-state index contributed by atoms with van der Waals surface area (Å²) in [6, 6.07) is 9.59. The Balaban J connectivity index is 1.78. The SMILES string of the molecule is CCc1ccc(CC)c2c1C=C[CH]2[Hf](=[SiH2])[CH]1C=Cc2c(CC)ccc(CC)c21. The number of hydrogen-bond donors (Lipinski definition) is 0. The minimum absolute atomic E-state index is 0.746. The number of rotatable bonds is 6. The van der Waals surface area contributed by atoms with E-state index in [0.717, 1.165) is 33.0 Å². The zero-order valence-electron chi connectivity index (χ0n) is 17.8. The Bertz CT molecular complexity index is 916. The third-order valence-corrected chi connectivity index (χ3v) is 23.2. The first-order valence-electron chi connectivity index (χ1n) is 11.0. The van der Waals surface area contributed by atoms with Crippen LogP contribution in [0.5, 0.6) is 0 Å². The van der Waals surface area contributed by atoms with E-state index < -0.39 is 20.1 Å². The molecule has 0 saturated heterocycles. The van der Waals surface area contributed by atoms with Gasteiger partial charge < -0.3 is 0 Å². The Hall–Kier alpha value is -0.993. The second kappa shape index (κ2) is 8.40. The summed E-state index contributed by atoms with van der Waals surface area (Å²) in [5.41, 5.74) is 12.8. The van der Waals surface area contributed by atoms with Crippen molar-refractivity contribution in [3.8, 4) is 0 Å². The van der Waals surface area contributed by atoms with E-state index in [9.17, 15) is 0 Å². The first-order valence-corrected chi connectivity index (χ1v) is 23.5. The van der Waals surface area contributed by atoms with Gasteiger partial charge in [0, 0.05) is 0 Å². The Morgan fingerprint density at radius 2 is 1.00 bits per heavy atom. The maximum absolute atomic E-state index is 2.60. The van der Waals surface area contributed by atoms with Crippen molar-refractivity contribution in [2.75, 3.05) is 0 Å². The van der Waals surface area contributed by atoms with E-state index in [1.807, 2.05) is 0 Å². The molecule has 144 valence electrons. The van der Waals surface area contributed by atoms with Gasteiger partial charge in [0.05, 0.1) is 0 Å². The molecule has 0 spiro atoms. The summed E-state index contributed by atoms with van der Waals surface area (Å²) in [5, 5.41) is 0. The Kier molecular flexibility index (Phi) is 6.08. The maximum atomic E-state index is 2.60. The number of benzene rings is 2. The van der Waals surface area contributed by atoms with Crippen LogP contribution < -0.4 is 0 Å². The predicted octanol–water partition coefficient (Wildman–Crippen LogP) is 5.94. The van der Waals surface area contributed by atoms with E-state index in [4.69, 9.17) is 0 Å². The van der Waals surface area contributed by atoms with Crippen molar-refractivity contribution in [1.82, 2.24) is 0 Å². The van der Waals surface area contributed by atoms with Gasteiger partial charge in [-0.05, 0) is 0 Å². The van der Waals surface area contributed by atoms with Gasteiger partial charge in [-0.25, -0.2) is 0 Å². The molecule has 0 aliphatic heterocycles. The van der Waals surface area contributed by atoms with Gasteiger partial charge in [-0.2, -0.15) is 0 Å². The number of fused-ring (bicyclic) bond motifs is 2. The fraction of sp³-hybridized carbons (Fsp3) is 0.385. The molecule has 2 aliphatic carbocycles. The van der Waals surface area contributed by atoms with Crippen LogP contribution in [0.3, 0.4) is 0 Å². The van der Waals surface area contributed by atoms with Crippen LogP contribution in [0.4, 0.5) is 0 Å². The fourth-order valence-corrected chi connectivity index (χ4v) is 19.7. The van der Waals surface area contributed by atoms with Crippen LogP contribution in [-0.4, -0.2) is 6.94 Å². The van der Waals surface area contributed by atoms with Crippen LogP contribution in [0.2, 0.25) is 0 Å². The molecule has 0 amide bonds. The molecular weight excluding hydrogens is 519 g/mol. The molecule has 0 N–H and O–H groups in total.